The third-order valence-corrected chi connectivity index (χ3v) is 5.31. The minimum Gasteiger partial charge on any atom is -0.480 e. The Kier molecular flexibility index (Phi) is 6.50. The van der Waals surface area contributed by atoms with Gasteiger partial charge in [-0.25, -0.2) is 4.98 Å². The molecule has 2 aromatic carbocycles. The number of amides is 3. The van der Waals surface area contributed by atoms with Crippen LogP contribution in [0, 0.1) is 6.92 Å². The SMILES string of the molecule is COc1nccc2oc(C(=O)Nc3ccc(C)cc3)c(NC(=O)c3ccc(C(=O)N(C)C)cc3)c12. The first-order chi connectivity index (χ1) is 16.8. The molecule has 9 heteroatoms. The molecule has 0 radical (unpaired) electrons. The molecule has 2 aromatic heterocycles. The van der Waals surface area contributed by atoms with Crippen molar-refractivity contribution in [3.8, 4) is 5.88 Å². The van der Waals surface area contributed by atoms with Gasteiger partial charge in [-0.15, -0.1) is 0 Å². The molecule has 0 spiro atoms. The quantitative estimate of drug-likeness (QED) is 0.431. The van der Waals surface area contributed by atoms with E-state index in [1.807, 2.05) is 19.1 Å². The Bertz CT molecular complexity index is 1410. The van der Waals surface area contributed by atoms with Crippen LogP contribution in [0.4, 0.5) is 11.4 Å². The number of nitrogens with zero attached hydrogens (tertiary/aromatic N) is 2. The second-order valence-electron chi connectivity index (χ2n) is 8.05. The fraction of sp³-hybridized carbons (Fsp3) is 0.154. The molecule has 9 nitrogen and oxygen atoms in total. The molecule has 0 aliphatic carbocycles. The first-order valence-corrected chi connectivity index (χ1v) is 10.7. The fourth-order valence-electron chi connectivity index (χ4n) is 3.48. The normalized spacial score (nSPS) is 10.6. The number of aromatic nitrogens is 1. The Morgan fingerprint density at radius 1 is 0.886 bits per heavy atom. The number of aryl methyl sites for hydroxylation is 1. The molecule has 0 atom stereocenters. The number of fused-ring (bicyclic) bond motifs is 1. The number of hydrogen-bond acceptors (Lipinski definition) is 6. The third-order valence-electron chi connectivity index (χ3n) is 5.31. The lowest BCUT2D eigenvalue weighted by Gasteiger charge is -2.11. The molecular formula is C26H24N4O5. The van der Waals surface area contributed by atoms with Crippen molar-refractivity contribution < 1.29 is 23.5 Å². The first kappa shape index (κ1) is 23.5. The number of benzene rings is 2. The van der Waals surface area contributed by atoms with Crippen LogP contribution in [0.5, 0.6) is 5.88 Å². The predicted octanol–water partition coefficient (Wildman–Crippen LogP) is 4.35. The van der Waals surface area contributed by atoms with Gasteiger partial charge in [0.2, 0.25) is 11.6 Å². The fourth-order valence-corrected chi connectivity index (χ4v) is 3.48. The molecule has 0 saturated heterocycles. The predicted molar refractivity (Wildman–Crippen MR) is 132 cm³/mol. The van der Waals surface area contributed by atoms with E-state index in [0.29, 0.717) is 27.8 Å². The molecule has 0 saturated carbocycles. The zero-order valence-electron chi connectivity index (χ0n) is 19.7. The summed E-state index contributed by atoms with van der Waals surface area (Å²) >= 11 is 0. The Morgan fingerprint density at radius 2 is 1.54 bits per heavy atom. The standard InChI is InChI=1S/C26H24N4O5/c1-15-5-11-18(12-6-15)28-24(32)22-21(20-19(35-22)13-14-27-25(20)34-4)29-23(31)16-7-9-17(10-8-16)26(33)30(2)3/h5-14H,1-4H3,(H,28,32)(H,29,31). The average Bonchev–Trinajstić information content (AvgIpc) is 3.23. The van der Waals surface area contributed by atoms with Gasteiger partial charge in [-0.3, -0.25) is 14.4 Å². The van der Waals surface area contributed by atoms with Gasteiger partial charge in [0.05, 0.1) is 7.11 Å². The third kappa shape index (κ3) is 4.84. The Hall–Kier alpha value is -4.66. The van der Waals surface area contributed by atoms with Gasteiger partial charge in [-0.2, -0.15) is 0 Å². The molecule has 0 aliphatic rings. The van der Waals surface area contributed by atoms with Crippen LogP contribution in [0.1, 0.15) is 36.8 Å². The van der Waals surface area contributed by atoms with Crippen LogP contribution in [0.3, 0.4) is 0 Å². The van der Waals surface area contributed by atoms with Crippen LogP contribution in [-0.4, -0.2) is 48.8 Å². The maximum absolute atomic E-state index is 13.1. The Balaban J connectivity index is 1.69. The van der Waals surface area contributed by atoms with Crippen molar-refractivity contribution in [1.29, 1.82) is 0 Å². The molecule has 2 N–H and O–H groups in total. The van der Waals surface area contributed by atoms with Gasteiger partial charge in [0.15, 0.2) is 0 Å². The lowest BCUT2D eigenvalue weighted by Crippen LogP contribution is -2.22. The van der Waals surface area contributed by atoms with Gasteiger partial charge in [0.1, 0.15) is 16.7 Å². The Labute approximate surface area is 201 Å². The zero-order chi connectivity index (χ0) is 25.1. The minimum atomic E-state index is -0.547. The van der Waals surface area contributed by atoms with Crippen LogP contribution < -0.4 is 15.4 Å². The minimum absolute atomic E-state index is 0.0976. The summed E-state index contributed by atoms with van der Waals surface area (Å²) in [4.78, 5) is 44.0. The van der Waals surface area contributed by atoms with Gasteiger partial charge >= 0.3 is 0 Å². The lowest BCUT2D eigenvalue weighted by molar-refractivity contribution is 0.0826. The monoisotopic (exact) mass is 472 g/mol. The van der Waals surface area contributed by atoms with E-state index in [-0.39, 0.29) is 23.2 Å². The van der Waals surface area contributed by atoms with Crippen molar-refractivity contribution in [3.05, 3.63) is 83.2 Å². The number of anilines is 2. The summed E-state index contributed by atoms with van der Waals surface area (Å²) in [7, 11) is 4.74. The highest BCUT2D eigenvalue weighted by Crippen LogP contribution is 2.37. The summed E-state index contributed by atoms with van der Waals surface area (Å²) in [5.74, 6) is -1.12. The summed E-state index contributed by atoms with van der Waals surface area (Å²) < 4.78 is 11.2. The number of carbonyl (C=O) groups excluding carboxylic acids is 3. The van der Waals surface area contributed by atoms with E-state index >= 15 is 0 Å². The smallest absolute Gasteiger partial charge is 0.293 e. The van der Waals surface area contributed by atoms with Crippen molar-refractivity contribution >= 4 is 40.1 Å². The summed E-state index contributed by atoms with van der Waals surface area (Å²) in [5.41, 5.74) is 2.83. The van der Waals surface area contributed by atoms with E-state index in [2.05, 4.69) is 15.6 Å². The van der Waals surface area contributed by atoms with Crippen molar-refractivity contribution in [2.75, 3.05) is 31.8 Å². The van der Waals surface area contributed by atoms with Gasteiger partial charge in [0, 0.05) is 43.2 Å². The first-order valence-electron chi connectivity index (χ1n) is 10.7. The van der Waals surface area contributed by atoms with Crippen LogP contribution in [0.15, 0.2) is 65.2 Å². The number of carbonyl (C=O) groups is 3. The van der Waals surface area contributed by atoms with Crippen molar-refractivity contribution in [3.63, 3.8) is 0 Å². The maximum atomic E-state index is 13.1. The van der Waals surface area contributed by atoms with Gasteiger partial charge in [-0.05, 0) is 43.3 Å². The molecule has 4 rings (SSSR count). The summed E-state index contributed by atoms with van der Waals surface area (Å²) in [6.07, 6.45) is 1.48. The van der Waals surface area contributed by atoms with Crippen LogP contribution in [-0.2, 0) is 0 Å². The van der Waals surface area contributed by atoms with Crippen molar-refractivity contribution in [1.82, 2.24) is 9.88 Å². The van der Waals surface area contributed by atoms with E-state index in [9.17, 15) is 14.4 Å². The maximum Gasteiger partial charge on any atom is 0.293 e. The molecule has 35 heavy (non-hydrogen) atoms. The largest absolute Gasteiger partial charge is 0.480 e. The second kappa shape index (κ2) is 9.68. The van der Waals surface area contributed by atoms with Crippen LogP contribution >= 0.6 is 0 Å². The number of pyridine rings is 1. The molecule has 0 unspecified atom stereocenters. The summed E-state index contributed by atoms with van der Waals surface area (Å²) in [6, 6.07) is 15.1. The molecule has 2 heterocycles. The highest BCUT2D eigenvalue weighted by Gasteiger charge is 2.26. The number of methoxy groups -OCH3 is 1. The number of rotatable bonds is 6. The molecule has 0 bridgehead atoms. The average molecular weight is 473 g/mol. The summed E-state index contributed by atoms with van der Waals surface area (Å²) in [6.45, 7) is 1.95. The van der Waals surface area contributed by atoms with E-state index in [1.54, 1.807) is 44.4 Å². The molecule has 0 fully saturated rings. The van der Waals surface area contributed by atoms with Crippen LogP contribution in [0.2, 0.25) is 0 Å². The van der Waals surface area contributed by atoms with E-state index < -0.39 is 11.8 Å². The highest BCUT2D eigenvalue weighted by atomic mass is 16.5. The molecule has 4 aromatic rings. The topological polar surface area (TPSA) is 114 Å². The highest BCUT2D eigenvalue weighted by molar-refractivity contribution is 6.17. The molecule has 0 aliphatic heterocycles. The van der Waals surface area contributed by atoms with E-state index in [1.165, 1.54) is 30.3 Å². The lowest BCUT2D eigenvalue weighted by atomic mass is 10.1. The molecule has 178 valence electrons. The van der Waals surface area contributed by atoms with Crippen molar-refractivity contribution in [2.24, 2.45) is 0 Å². The number of ether oxygens (including phenoxy) is 1. The van der Waals surface area contributed by atoms with Crippen molar-refractivity contribution in [2.45, 2.75) is 6.92 Å². The number of furan rings is 1. The van der Waals surface area contributed by atoms with Gasteiger partial charge in [0.25, 0.3) is 17.7 Å². The van der Waals surface area contributed by atoms with Gasteiger partial charge < -0.3 is 24.7 Å². The molecule has 3 amide bonds. The van der Waals surface area contributed by atoms with E-state index in [0.717, 1.165) is 5.56 Å². The van der Waals surface area contributed by atoms with Crippen LogP contribution in [0.25, 0.3) is 11.0 Å². The number of hydrogen-bond donors (Lipinski definition) is 2. The van der Waals surface area contributed by atoms with Gasteiger partial charge in [-0.1, -0.05) is 17.7 Å². The Morgan fingerprint density at radius 3 is 2.17 bits per heavy atom. The number of nitrogens with one attached hydrogen (secondary N) is 2. The second-order valence-corrected chi connectivity index (χ2v) is 8.05. The zero-order valence-corrected chi connectivity index (χ0v) is 19.7. The molecular weight excluding hydrogens is 448 g/mol. The van der Waals surface area contributed by atoms with E-state index in [4.69, 9.17) is 9.15 Å². The summed E-state index contributed by atoms with van der Waals surface area (Å²) in [5, 5.41) is 5.90.